The van der Waals surface area contributed by atoms with E-state index in [1.807, 2.05) is 12.3 Å². The normalized spacial score (nSPS) is 25.0. The van der Waals surface area contributed by atoms with Crippen LogP contribution >= 0.6 is 12.2 Å². The minimum Gasteiger partial charge on any atom is -0.360 e. The molecular weight excluding hydrogens is 402 g/mol. The Labute approximate surface area is 195 Å². The largest absolute Gasteiger partial charge is 0.360 e. The summed E-state index contributed by atoms with van der Waals surface area (Å²) in [7, 11) is 0. The van der Waals surface area contributed by atoms with Gasteiger partial charge in [-0.3, -0.25) is 4.98 Å². The lowest BCUT2D eigenvalue weighted by atomic mass is 9.78. The minimum atomic E-state index is 0.0587. The zero-order chi connectivity index (χ0) is 23.1. The molecule has 5 nitrogen and oxygen atoms in total. The molecule has 2 saturated heterocycles. The van der Waals surface area contributed by atoms with Crippen LogP contribution in [0.3, 0.4) is 0 Å². The van der Waals surface area contributed by atoms with E-state index in [0.29, 0.717) is 12.1 Å². The quantitative estimate of drug-likeness (QED) is 0.598. The summed E-state index contributed by atoms with van der Waals surface area (Å²) in [6, 6.07) is 6.85. The lowest BCUT2D eigenvalue weighted by molar-refractivity contribution is 0.0967. The van der Waals surface area contributed by atoms with Crippen LogP contribution in [0.15, 0.2) is 24.4 Å². The van der Waals surface area contributed by atoms with E-state index in [-0.39, 0.29) is 22.2 Å². The van der Waals surface area contributed by atoms with E-state index in [1.165, 1.54) is 0 Å². The monoisotopic (exact) mass is 445 g/mol. The van der Waals surface area contributed by atoms with Gasteiger partial charge in [-0.2, -0.15) is 0 Å². The van der Waals surface area contributed by atoms with Crippen molar-refractivity contribution in [1.82, 2.24) is 25.8 Å². The molecule has 0 spiro atoms. The Kier molecular flexibility index (Phi) is 6.77. The topological polar surface area (TPSA) is 52.2 Å². The average molecular weight is 446 g/mol. The zero-order valence-electron chi connectivity index (χ0n) is 20.8. The van der Waals surface area contributed by atoms with Crippen molar-refractivity contribution >= 4 is 17.3 Å². The molecule has 0 bridgehead atoms. The second-order valence-corrected chi connectivity index (χ2v) is 12.7. The fraction of sp³-hybridized carbons (Fsp3) is 0.760. The second-order valence-electron chi connectivity index (χ2n) is 12.4. The SMILES string of the molecule is CC1(C)CC(NC(=S)N(Cc2ccccn2)C2CC(C)(C)NC(C)(C)C2)CC(C)(C)N1. The molecule has 1 aromatic rings. The molecule has 1 aromatic heterocycles. The smallest absolute Gasteiger partial charge is 0.169 e. The van der Waals surface area contributed by atoms with Crippen molar-refractivity contribution in [2.75, 3.05) is 0 Å². The first-order valence-corrected chi connectivity index (χ1v) is 12.1. The van der Waals surface area contributed by atoms with E-state index in [2.05, 4.69) is 93.4 Å². The third kappa shape index (κ3) is 6.87. The van der Waals surface area contributed by atoms with Crippen LogP contribution in [-0.4, -0.2) is 49.2 Å². The fourth-order valence-corrected chi connectivity index (χ4v) is 6.58. The summed E-state index contributed by atoms with van der Waals surface area (Å²) in [5.74, 6) is 0. The van der Waals surface area contributed by atoms with Crippen LogP contribution in [0.4, 0.5) is 0 Å². The first kappa shape index (κ1) is 24.4. The van der Waals surface area contributed by atoms with E-state index >= 15 is 0 Å². The zero-order valence-corrected chi connectivity index (χ0v) is 21.6. The number of nitrogens with zero attached hydrogens (tertiary/aromatic N) is 2. The number of hydrogen-bond acceptors (Lipinski definition) is 4. The van der Waals surface area contributed by atoms with Crippen LogP contribution in [0.25, 0.3) is 0 Å². The number of nitrogens with one attached hydrogen (secondary N) is 3. The van der Waals surface area contributed by atoms with Gasteiger partial charge >= 0.3 is 0 Å². The molecule has 0 aromatic carbocycles. The molecule has 2 aliphatic heterocycles. The highest BCUT2D eigenvalue weighted by molar-refractivity contribution is 7.80. The Morgan fingerprint density at radius 2 is 1.45 bits per heavy atom. The third-order valence-electron chi connectivity index (χ3n) is 6.45. The molecule has 3 heterocycles. The first-order chi connectivity index (χ1) is 14.2. The molecule has 3 rings (SSSR count). The molecule has 3 N–H and O–H groups in total. The average Bonchev–Trinajstić information content (AvgIpc) is 2.54. The highest BCUT2D eigenvalue weighted by atomic mass is 32.1. The summed E-state index contributed by atoms with van der Waals surface area (Å²) < 4.78 is 0. The van der Waals surface area contributed by atoms with Gasteiger partial charge in [0, 0.05) is 40.4 Å². The standard InChI is InChI=1S/C25H43N5S/c1-22(2)13-19(14-23(3,4)28-22)27-21(31)30(17-18-11-9-10-12-26-18)20-15-24(5,6)29-25(7,8)16-20/h9-12,19-20,28-29H,13-17H2,1-8H3,(H,27,31). The Balaban J connectivity index is 1.83. The molecule has 0 saturated carbocycles. The summed E-state index contributed by atoms with van der Waals surface area (Å²) in [5.41, 5.74) is 1.35. The molecule has 31 heavy (non-hydrogen) atoms. The Bertz CT molecular complexity index is 739. The molecule has 0 atom stereocenters. The van der Waals surface area contributed by atoms with Gasteiger partial charge in [0.25, 0.3) is 0 Å². The molecule has 0 aliphatic carbocycles. The minimum absolute atomic E-state index is 0.0587. The molecule has 174 valence electrons. The summed E-state index contributed by atoms with van der Waals surface area (Å²) in [6.07, 6.45) is 6.08. The fourth-order valence-electron chi connectivity index (χ4n) is 6.20. The van der Waals surface area contributed by atoms with E-state index < -0.39 is 0 Å². The summed E-state index contributed by atoms with van der Waals surface area (Å²) in [6.45, 7) is 19.1. The van der Waals surface area contributed by atoms with Crippen LogP contribution in [0, 0.1) is 0 Å². The van der Waals surface area contributed by atoms with Gasteiger partial charge in [-0.05, 0) is 105 Å². The highest BCUT2D eigenvalue weighted by Crippen LogP contribution is 2.33. The third-order valence-corrected chi connectivity index (χ3v) is 6.80. The molecule has 0 radical (unpaired) electrons. The Morgan fingerprint density at radius 3 is 1.94 bits per heavy atom. The molecule has 2 fully saturated rings. The van der Waals surface area contributed by atoms with E-state index in [9.17, 15) is 0 Å². The predicted molar refractivity (Wildman–Crippen MR) is 134 cm³/mol. The number of piperidine rings is 2. The lowest BCUT2D eigenvalue weighted by Gasteiger charge is -2.51. The first-order valence-electron chi connectivity index (χ1n) is 11.7. The number of thiocarbonyl (C=S) groups is 1. The summed E-state index contributed by atoms with van der Waals surface area (Å²) >= 11 is 6.08. The summed E-state index contributed by atoms with van der Waals surface area (Å²) in [5, 5.41) is 12.2. The molecule has 0 amide bonds. The molecular formula is C25H43N5S. The van der Waals surface area contributed by atoms with Gasteiger partial charge in [-0.15, -0.1) is 0 Å². The highest BCUT2D eigenvalue weighted by Gasteiger charge is 2.42. The second kappa shape index (κ2) is 8.60. The van der Waals surface area contributed by atoms with Crippen molar-refractivity contribution in [3.8, 4) is 0 Å². The molecule has 2 aliphatic rings. The van der Waals surface area contributed by atoms with Gasteiger partial charge in [0.05, 0.1) is 12.2 Å². The van der Waals surface area contributed by atoms with Crippen molar-refractivity contribution in [1.29, 1.82) is 0 Å². The van der Waals surface area contributed by atoms with Gasteiger partial charge in [-0.25, -0.2) is 0 Å². The van der Waals surface area contributed by atoms with Crippen LogP contribution in [-0.2, 0) is 6.54 Å². The van der Waals surface area contributed by atoms with Gasteiger partial charge in [0.1, 0.15) is 0 Å². The van der Waals surface area contributed by atoms with Gasteiger partial charge in [0.2, 0.25) is 0 Å². The lowest BCUT2D eigenvalue weighted by Crippen LogP contribution is -2.65. The maximum Gasteiger partial charge on any atom is 0.169 e. The Morgan fingerprint density at radius 1 is 0.935 bits per heavy atom. The van der Waals surface area contributed by atoms with Crippen LogP contribution < -0.4 is 16.0 Å². The van der Waals surface area contributed by atoms with E-state index in [0.717, 1.165) is 43.0 Å². The number of pyridine rings is 1. The molecule has 6 heteroatoms. The van der Waals surface area contributed by atoms with Gasteiger partial charge < -0.3 is 20.9 Å². The van der Waals surface area contributed by atoms with E-state index in [4.69, 9.17) is 12.2 Å². The van der Waals surface area contributed by atoms with E-state index in [1.54, 1.807) is 0 Å². The van der Waals surface area contributed by atoms with Crippen molar-refractivity contribution in [3.63, 3.8) is 0 Å². The summed E-state index contributed by atoms with van der Waals surface area (Å²) in [4.78, 5) is 7.01. The maximum atomic E-state index is 6.08. The van der Waals surface area contributed by atoms with Crippen molar-refractivity contribution < 1.29 is 0 Å². The van der Waals surface area contributed by atoms with Gasteiger partial charge in [0.15, 0.2) is 5.11 Å². The number of aromatic nitrogens is 1. The van der Waals surface area contributed by atoms with Crippen LogP contribution in [0.5, 0.6) is 0 Å². The Hall–Kier alpha value is -1.24. The maximum absolute atomic E-state index is 6.08. The number of rotatable bonds is 4. The van der Waals surface area contributed by atoms with Crippen molar-refractivity contribution in [3.05, 3.63) is 30.1 Å². The number of hydrogen-bond donors (Lipinski definition) is 3. The predicted octanol–water partition coefficient (Wildman–Crippen LogP) is 4.38. The van der Waals surface area contributed by atoms with Crippen molar-refractivity contribution in [2.45, 2.75) is 122 Å². The molecule has 0 unspecified atom stereocenters. The van der Waals surface area contributed by atoms with Crippen molar-refractivity contribution in [2.24, 2.45) is 0 Å². The van der Waals surface area contributed by atoms with Crippen LogP contribution in [0.1, 0.15) is 86.8 Å². The van der Waals surface area contributed by atoms with Crippen LogP contribution in [0.2, 0.25) is 0 Å². The van der Waals surface area contributed by atoms with Gasteiger partial charge in [-0.1, -0.05) is 6.07 Å².